The lowest BCUT2D eigenvalue weighted by Crippen LogP contribution is -2.59. The zero-order valence-corrected chi connectivity index (χ0v) is 13.7. The number of amides is 2. The van der Waals surface area contributed by atoms with E-state index in [9.17, 15) is 9.59 Å². The Balaban J connectivity index is 2.15. The first-order valence-electron chi connectivity index (χ1n) is 8.09. The maximum absolute atomic E-state index is 12.8. The Labute approximate surface area is 132 Å². The average Bonchev–Trinajstić information content (AvgIpc) is 3.16. The molecule has 0 bridgehead atoms. The molecule has 1 aromatic rings. The topological polar surface area (TPSA) is 62.6 Å². The van der Waals surface area contributed by atoms with Crippen molar-refractivity contribution in [2.75, 3.05) is 0 Å². The molecule has 22 heavy (non-hydrogen) atoms. The molecule has 1 aliphatic rings. The molecule has 1 aromatic heterocycles. The number of hydrogen-bond donors (Lipinski definition) is 1. The van der Waals surface area contributed by atoms with Gasteiger partial charge in [0.2, 0.25) is 11.8 Å². The summed E-state index contributed by atoms with van der Waals surface area (Å²) in [6.45, 7) is 5.58. The molecule has 1 heterocycles. The van der Waals surface area contributed by atoms with Gasteiger partial charge in [-0.15, -0.1) is 0 Å². The number of carbonyl (C=O) groups excluding carboxylic acids is 2. The van der Waals surface area contributed by atoms with E-state index in [4.69, 9.17) is 4.42 Å². The van der Waals surface area contributed by atoms with E-state index in [-0.39, 0.29) is 17.9 Å². The van der Waals surface area contributed by atoms with Gasteiger partial charge in [-0.05, 0) is 38.3 Å². The Morgan fingerprint density at radius 1 is 1.41 bits per heavy atom. The van der Waals surface area contributed by atoms with Gasteiger partial charge >= 0.3 is 0 Å². The van der Waals surface area contributed by atoms with Crippen LogP contribution < -0.4 is 5.32 Å². The number of nitrogens with zero attached hydrogens (tertiary/aromatic N) is 1. The van der Waals surface area contributed by atoms with Crippen molar-refractivity contribution in [1.29, 1.82) is 0 Å². The van der Waals surface area contributed by atoms with Crippen molar-refractivity contribution in [2.45, 2.75) is 71.0 Å². The standard InChI is InChI=1S/C17H26N2O3/c1-4-17(3,16(21)18-14-8-5-6-9-14)19(13(2)20)12-15-10-7-11-22-15/h7,10-11,14H,4-6,8-9,12H2,1-3H3,(H,18,21)/t17-/m0/s1. The second-order valence-corrected chi connectivity index (χ2v) is 6.27. The van der Waals surface area contributed by atoms with Crippen LogP contribution in [0.1, 0.15) is 58.6 Å². The number of furan rings is 1. The molecule has 1 fully saturated rings. The van der Waals surface area contributed by atoms with E-state index < -0.39 is 5.54 Å². The maximum atomic E-state index is 12.8. The molecule has 0 aromatic carbocycles. The fourth-order valence-corrected chi connectivity index (χ4v) is 3.08. The number of carbonyl (C=O) groups is 2. The first kappa shape index (κ1) is 16.6. The number of nitrogens with one attached hydrogen (secondary N) is 1. The van der Waals surface area contributed by atoms with E-state index in [1.54, 1.807) is 17.2 Å². The molecule has 0 radical (unpaired) electrons. The third-order valence-electron chi connectivity index (χ3n) is 4.74. The van der Waals surface area contributed by atoms with Crippen LogP contribution in [0.4, 0.5) is 0 Å². The van der Waals surface area contributed by atoms with Crippen LogP contribution in [0.5, 0.6) is 0 Å². The summed E-state index contributed by atoms with van der Waals surface area (Å²) in [5.41, 5.74) is -0.860. The molecule has 1 atom stereocenters. The Hall–Kier alpha value is -1.78. The molecule has 0 saturated heterocycles. The smallest absolute Gasteiger partial charge is 0.245 e. The summed E-state index contributed by atoms with van der Waals surface area (Å²) in [7, 11) is 0. The van der Waals surface area contributed by atoms with Crippen molar-refractivity contribution in [3.63, 3.8) is 0 Å². The highest BCUT2D eigenvalue weighted by Crippen LogP contribution is 2.25. The molecule has 0 aliphatic heterocycles. The van der Waals surface area contributed by atoms with Gasteiger partial charge in [0.05, 0.1) is 12.8 Å². The monoisotopic (exact) mass is 306 g/mol. The summed E-state index contributed by atoms with van der Waals surface area (Å²) in [5.74, 6) is 0.495. The average molecular weight is 306 g/mol. The molecule has 1 N–H and O–H groups in total. The first-order chi connectivity index (χ1) is 10.5. The van der Waals surface area contributed by atoms with Gasteiger partial charge in [0.1, 0.15) is 11.3 Å². The highest BCUT2D eigenvalue weighted by molar-refractivity contribution is 5.90. The fraction of sp³-hybridized carbons (Fsp3) is 0.647. The molecule has 0 unspecified atom stereocenters. The second kappa shape index (κ2) is 6.99. The van der Waals surface area contributed by atoms with E-state index >= 15 is 0 Å². The van der Waals surface area contributed by atoms with Crippen LogP contribution in [-0.2, 0) is 16.1 Å². The molecule has 5 heteroatoms. The summed E-state index contributed by atoms with van der Waals surface area (Å²) in [5, 5.41) is 3.12. The Bertz CT molecular complexity index is 506. The Morgan fingerprint density at radius 3 is 2.59 bits per heavy atom. The van der Waals surface area contributed by atoms with E-state index in [0.29, 0.717) is 18.7 Å². The predicted octanol–water partition coefficient (Wildman–Crippen LogP) is 2.86. The molecule has 2 rings (SSSR count). The maximum Gasteiger partial charge on any atom is 0.245 e. The third-order valence-corrected chi connectivity index (χ3v) is 4.74. The van der Waals surface area contributed by atoms with Gasteiger partial charge in [-0.1, -0.05) is 19.8 Å². The quantitative estimate of drug-likeness (QED) is 0.879. The minimum absolute atomic E-state index is 0.0661. The number of rotatable bonds is 6. The van der Waals surface area contributed by atoms with E-state index in [2.05, 4.69) is 5.32 Å². The molecule has 2 amide bonds. The van der Waals surface area contributed by atoms with E-state index in [0.717, 1.165) is 25.7 Å². The Morgan fingerprint density at radius 2 is 2.09 bits per heavy atom. The first-order valence-corrected chi connectivity index (χ1v) is 8.09. The van der Waals surface area contributed by atoms with Crippen molar-refractivity contribution in [1.82, 2.24) is 10.2 Å². The van der Waals surface area contributed by atoms with Gasteiger partial charge in [0.25, 0.3) is 0 Å². The molecule has 122 valence electrons. The van der Waals surface area contributed by atoms with Crippen molar-refractivity contribution < 1.29 is 14.0 Å². The van der Waals surface area contributed by atoms with Gasteiger partial charge in [0.15, 0.2) is 0 Å². The van der Waals surface area contributed by atoms with Gasteiger partial charge < -0.3 is 14.6 Å². The lowest BCUT2D eigenvalue weighted by Gasteiger charge is -2.39. The molecule has 0 spiro atoms. The molecule has 1 saturated carbocycles. The Kier molecular flexibility index (Phi) is 5.27. The highest BCUT2D eigenvalue weighted by atomic mass is 16.3. The van der Waals surface area contributed by atoms with Crippen LogP contribution >= 0.6 is 0 Å². The highest BCUT2D eigenvalue weighted by Gasteiger charge is 2.40. The van der Waals surface area contributed by atoms with Crippen LogP contribution in [0.25, 0.3) is 0 Å². The summed E-state index contributed by atoms with van der Waals surface area (Å²) < 4.78 is 5.34. The number of hydrogen-bond acceptors (Lipinski definition) is 3. The normalized spacial score (nSPS) is 18.0. The van der Waals surface area contributed by atoms with Crippen molar-refractivity contribution >= 4 is 11.8 Å². The largest absolute Gasteiger partial charge is 0.467 e. The fourth-order valence-electron chi connectivity index (χ4n) is 3.08. The van der Waals surface area contributed by atoms with Crippen LogP contribution in [0.2, 0.25) is 0 Å². The van der Waals surface area contributed by atoms with E-state index in [1.165, 1.54) is 6.92 Å². The van der Waals surface area contributed by atoms with Crippen LogP contribution in [0, 0.1) is 0 Å². The van der Waals surface area contributed by atoms with Crippen LogP contribution in [-0.4, -0.2) is 28.3 Å². The summed E-state index contributed by atoms with van der Waals surface area (Å²) >= 11 is 0. The van der Waals surface area contributed by atoms with Crippen LogP contribution in [0.15, 0.2) is 22.8 Å². The lowest BCUT2D eigenvalue weighted by molar-refractivity contribution is -0.147. The molecular weight excluding hydrogens is 280 g/mol. The van der Waals surface area contributed by atoms with Crippen LogP contribution in [0.3, 0.4) is 0 Å². The van der Waals surface area contributed by atoms with Gasteiger partial charge in [-0.25, -0.2) is 0 Å². The summed E-state index contributed by atoms with van der Waals surface area (Å²) in [6, 6.07) is 3.85. The zero-order chi connectivity index (χ0) is 16.2. The molecule has 5 nitrogen and oxygen atoms in total. The SMILES string of the molecule is CC[C@@](C)(C(=O)NC1CCCC1)N(Cc1ccco1)C(C)=O. The van der Waals surface area contributed by atoms with Crippen molar-refractivity contribution in [3.05, 3.63) is 24.2 Å². The minimum atomic E-state index is -0.860. The predicted molar refractivity (Wildman–Crippen MR) is 84.0 cm³/mol. The van der Waals surface area contributed by atoms with Gasteiger partial charge in [0, 0.05) is 13.0 Å². The zero-order valence-electron chi connectivity index (χ0n) is 13.7. The molecular formula is C17H26N2O3. The minimum Gasteiger partial charge on any atom is -0.467 e. The van der Waals surface area contributed by atoms with Crippen molar-refractivity contribution in [3.8, 4) is 0 Å². The second-order valence-electron chi connectivity index (χ2n) is 6.27. The summed E-state index contributed by atoms with van der Waals surface area (Å²) in [4.78, 5) is 26.5. The molecule has 1 aliphatic carbocycles. The van der Waals surface area contributed by atoms with Gasteiger partial charge in [-0.2, -0.15) is 0 Å². The van der Waals surface area contributed by atoms with Gasteiger partial charge in [-0.3, -0.25) is 9.59 Å². The summed E-state index contributed by atoms with van der Waals surface area (Å²) in [6.07, 6.45) is 6.53. The lowest BCUT2D eigenvalue weighted by atomic mass is 9.94. The van der Waals surface area contributed by atoms with Crippen molar-refractivity contribution in [2.24, 2.45) is 0 Å². The van der Waals surface area contributed by atoms with E-state index in [1.807, 2.05) is 19.9 Å². The third kappa shape index (κ3) is 3.51.